The molecule has 3 aliphatic rings. The molecule has 1 aromatic carbocycles. The number of benzene rings is 1. The summed E-state index contributed by atoms with van der Waals surface area (Å²) in [5.41, 5.74) is 3.16. The third kappa shape index (κ3) is 5.77. The van der Waals surface area contributed by atoms with Crippen LogP contribution in [-0.2, 0) is 18.8 Å². The van der Waals surface area contributed by atoms with Gasteiger partial charge in [-0.05, 0) is 71.3 Å². The van der Waals surface area contributed by atoms with Gasteiger partial charge in [0.1, 0.15) is 6.04 Å². The zero-order chi connectivity index (χ0) is 27.7. The number of ether oxygens (including phenoxy) is 1. The summed E-state index contributed by atoms with van der Waals surface area (Å²) in [5, 5.41) is 15.2. The van der Waals surface area contributed by atoms with Gasteiger partial charge in [-0.3, -0.25) is 4.79 Å². The molecule has 3 heterocycles. The number of likely N-dealkylation sites (tertiary alicyclic amines) is 1. The van der Waals surface area contributed by atoms with Crippen LogP contribution < -0.4 is 16.1 Å². The van der Waals surface area contributed by atoms with Gasteiger partial charge in [0.05, 0.1) is 23.3 Å². The summed E-state index contributed by atoms with van der Waals surface area (Å²) in [6.45, 7) is 10.4. The molecular formula is C28H40BN3O6. The Bertz CT molecular complexity index is 1080. The maximum Gasteiger partial charge on any atom is 0.494 e. The van der Waals surface area contributed by atoms with Crippen molar-refractivity contribution in [1.29, 1.82) is 0 Å². The van der Waals surface area contributed by atoms with E-state index in [9.17, 15) is 14.7 Å². The summed E-state index contributed by atoms with van der Waals surface area (Å²) >= 11 is 0. The SMILES string of the molecule is CO[C@H](C)[C@H](NC(=O)O)C(=O)N1CCC[C@H]1C1=CCCC=C(c2ccc(B3OC(C)(C)C(C)(C)O3)cc2)N1. The molecule has 10 heteroatoms. The van der Waals surface area contributed by atoms with Crippen LogP contribution in [0, 0.1) is 0 Å². The lowest BCUT2D eigenvalue weighted by atomic mass is 9.79. The van der Waals surface area contributed by atoms with Gasteiger partial charge in [-0.25, -0.2) is 4.79 Å². The summed E-state index contributed by atoms with van der Waals surface area (Å²) in [6.07, 6.45) is 5.86. The molecule has 0 aromatic heterocycles. The molecule has 2 amide bonds. The number of carbonyl (C=O) groups excluding carboxylic acids is 1. The first-order chi connectivity index (χ1) is 17.9. The van der Waals surface area contributed by atoms with Crippen molar-refractivity contribution >= 4 is 30.3 Å². The molecule has 3 atom stereocenters. The van der Waals surface area contributed by atoms with E-state index in [1.165, 1.54) is 7.11 Å². The quantitative estimate of drug-likeness (QED) is 0.469. The fourth-order valence-corrected chi connectivity index (χ4v) is 5.11. The molecule has 3 aliphatic heterocycles. The fourth-order valence-electron chi connectivity index (χ4n) is 5.11. The molecule has 9 nitrogen and oxygen atoms in total. The molecule has 2 fully saturated rings. The zero-order valence-corrected chi connectivity index (χ0v) is 23.2. The number of rotatable bonds is 7. The van der Waals surface area contributed by atoms with Crippen molar-refractivity contribution in [3.63, 3.8) is 0 Å². The minimum absolute atomic E-state index is 0.157. The second kappa shape index (κ2) is 11.1. The van der Waals surface area contributed by atoms with Crippen LogP contribution >= 0.6 is 0 Å². The molecular weight excluding hydrogens is 485 g/mol. The zero-order valence-electron chi connectivity index (χ0n) is 23.2. The number of nitrogens with one attached hydrogen (secondary N) is 2. The van der Waals surface area contributed by atoms with Crippen molar-refractivity contribution < 1.29 is 28.7 Å². The van der Waals surface area contributed by atoms with Crippen LogP contribution in [0.3, 0.4) is 0 Å². The van der Waals surface area contributed by atoms with Crippen molar-refractivity contribution in [3.8, 4) is 0 Å². The van der Waals surface area contributed by atoms with E-state index in [1.807, 2.05) is 39.8 Å². The van der Waals surface area contributed by atoms with Gasteiger partial charge < -0.3 is 34.7 Å². The molecule has 0 bridgehead atoms. The van der Waals surface area contributed by atoms with E-state index in [0.717, 1.165) is 48.1 Å². The number of nitrogens with zero attached hydrogens (tertiary/aromatic N) is 1. The highest BCUT2D eigenvalue weighted by atomic mass is 16.7. The van der Waals surface area contributed by atoms with Gasteiger partial charge in [0.15, 0.2) is 0 Å². The van der Waals surface area contributed by atoms with Crippen molar-refractivity contribution in [2.24, 2.45) is 0 Å². The van der Waals surface area contributed by atoms with E-state index >= 15 is 0 Å². The van der Waals surface area contributed by atoms with Crippen molar-refractivity contribution in [3.05, 3.63) is 47.7 Å². The maximum absolute atomic E-state index is 13.5. The van der Waals surface area contributed by atoms with Crippen LogP contribution in [0.1, 0.15) is 65.9 Å². The number of hydrogen-bond donors (Lipinski definition) is 3. The lowest BCUT2D eigenvalue weighted by Crippen LogP contribution is -2.55. The maximum atomic E-state index is 13.5. The van der Waals surface area contributed by atoms with Crippen LogP contribution in [0.25, 0.3) is 5.70 Å². The lowest BCUT2D eigenvalue weighted by molar-refractivity contribution is -0.136. The highest BCUT2D eigenvalue weighted by Crippen LogP contribution is 2.36. The minimum Gasteiger partial charge on any atom is -0.465 e. The molecule has 38 heavy (non-hydrogen) atoms. The number of carbonyl (C=O) groups is 2. The number of allylic oxidation sites excluding steroid dienone is 2. The van der Waals surface area contributed by atoms with Gasteiger partial charge >= 0.3 is 13.2 Å². The average Bonchev–Trinajstić information content (AvgIpc) is 3.34. The minimum atomic E-state index is -1.25. The number of methoxy groups -OCH3 is 1. The Morgan fingerprint density at radius 3 is 2.37 bits per heavy atom. The third-order valence-corrected chi connectivity index (χ3v) is 8.19. The van der Waals surface area contributed by atoms with Crippen LogP contribution in [0.5, 0.6) is 0 Å². The molecule has 2 saturated heterocycles. The Balaban J connectivity index is 1.49. The fraction of sp³-hybridized carbons (Fsp3) is 0.571. The summed E-state index contributed by atoms with van der Waals surface area (Å²) in [6, 6.07) is 7.07. The van der Waals surface area contributed by atoms with Gasteiger partial charge in [-0.1, -0.05) is 36.4 Å². The monoisotopic (exact) mass is 525 g/mol. The summed E-state index contributed by atoms with van der Waals surface area (Å²) in [4.78, 5) is 26.6. The van der Waals surface area contributed by atoms with Crippen LogP contribution in [-0.4, -0.2) is 72.2 Å². The van der Waals surface area contributed by atoms with Crippen LogP contribution in [0.2, 0.25) is 0 Å². The van der Waals surface area contributed by atoms with E-state index in [2.05, 4.69) is 34.9 Å². The highest BCUT2D eigenvalue weighted by molar-refractivity contribution is 6.62. The van der Waals surface area contributed by atoms with Crippen LogP contribution in [0.15, 0.2) is 42.1 Å². The molecule has 0 unspecified atom stereocenters. The molecule has 0 saturated carbocycles. The largest absolute Gasteiger partial charge is 0.494 e. The number of hydrogen-bond acceptors (Lipinski definition) is 6. The molecule has 0 radical (unpaired) electrons. The summed E-state index contributed by atoms with van der Waals surface area (Å²) < 4.78 is 17.7. The first-order valence-corrected chi connectivity index (χ1v) is 13.4. The molecule has 3 N–H and O–H groups in total. The molecule has 4 rings (SSSR count). The van der Waals surface area contributed by atoms with E-state index in [4.69, 9.17) is 14.0 Å². The Kier molecular flexibility index (Phi) is 8.25. The second-order valence-electron chi connectivity index (χ2n) is 11.2. The Morgan fingerprint density at radius 1 is 1.13 bits per heavy atom. The van der Waals surface area contributed by atoms with E-state index in [-0.39, 0.29) is 11.9 Å². The van der Waals surface area contributed by atoms with Crippen molar-refractivity contribution in [1.82, 2.24) is 15.5 Å². The van der Waals surface area contributed by atoms with Gasteiger partial charge in [0, 0.05) is 25.0 Å². The molecule has 206 valence electrons. The number of amides is 2. The summed E-state index contributed by atoms with van der Waals surface area (Å²) in [7, 11) is 1.06. The third-order valence-electron chi connectivity index (χ3n) is 8.19. The first kappa shape index (κ1) is 28.2. The van der Waals surface area contributed by atoms with E-state index in [1.54, 1.807) is 11.8 Å². The highest BCUT2D eigenvalue weighted by Gasteiger charge is 2.51. The Hall–Kier alpha value is -2.82. The van der Waals surface area contributed by atoms with E-state index < -0.39 is 36.6 Å². The van der Waals surface area contributed by atoms with Crippen molar-refractivity contribution in [2.75, 3.05) is 13.7 Å². The van der Waals surface area contributed by atoms with Crippen molar-refractivity contribution in [2.45, 2.75) is 89.7 Å². The first-order valence-electron chi connectivity index (χ1n) is 13.4. The topological polar surface area (TPSA) is 109 Å². The standard InChI is InChI=1S/C28H40BN3O6/c1-18(36-6)24(31-26(34)35)25(33)32-17-9-12-23(32)22-11-8-7-10-21(30-22)19-13-15-20(16-14-19)29-37-27(2,3)28(4,5)38-29/h10-11,13-16,18,23-24,30-31H,7-9,12,17H2,1-6H3,(H,34,35)/t18-,23+,24+/m1/s1. The molecule has 0 aliphatic carbocycles. The van der Waals surface area contributed by atoms with Gasteiger partial charge in [-0.15, -0.1) is 0 Å². The second-order valence-corrected chi connectivity index (χ2v) is 11.2. The van der Waals surface area contributed by atoms with Gasteiger partial charge in [-0.2, -0.15) is 0 Å². The molecule has 1 aromatic rings. The average molecular weight is 525 g/mol. The van der Waals surface area contributed by atoms with Crippen LogP contribution in [0.4, 0.5) is 4.79 Å². The van der Waals surface area contributed by atoms with Gasteiger partial charge in [0.25, 0.3) is 0 Å². The number of carboxylic acid groups (broad SMARTS) is 1. The Labute approximate surface area is 225 Å². The summed E-state index contributed by atoms with van der Waals surface area (Å²) in [5.74, 6) is -0.270. The van der Waals surface area contributed by atoms with Gasteiger partial charge in [0.2, 0.25) is 5.91 Å². The normalized spacial score (nSPS) is 24.1. The van der Waals surface area contributed by atoms with E-state index in [0.29, 0.717) is 6.54 Å². The Morgan fingerprint density at radius 2 is 1.76 bits per heavy atom. The predicted molar refractivity (Wildman–Crippen MR) is 147 cm³/mol. The molecule has 0 spiro atoms. The predicted octanol–water partition coefficient (Wildman–Crippen LogP) is 3.26. The smallest absolute Gasteiger partial charge is 0.465 e. The lowest BCUT2D eigenvalue weighted by Gasteiger charge is -2.32.